The first-order valence-corrected chi connectivity index (χ1v) is 8.08. The highest BCUT2D eigenvalue weighted by molar-refractivity contribution is 7.17. The summed E-state index contributed by atoms with van der Waals surface area (Å²) < 4.78 is 15.2. The number of phenols is 1. The van der Waals surface area contributed by atoms with Crippen molar-refractivity contribution < 1.29 is 24.1 Å². The summed E-state index contributed by atoms with van der Waals surface area (Å²) in [6.45, 7) is 3.95. The largest absolute Gasteiger partial charge is 0.502 e. The summed E-state index contributed by atoms with van der Waals surface area (Å²) in [5, 5.41) is 10.6. The Hall–Kier alpha value is -2.54. The Morgan fingerprint density at radius 2 is 1.88 bits per heavy atom. The number of aliphatic imine (C=N–C) groups is 1. The SMILES string of the molecule is CCOC(=O)c1sc(N=Cc2cc(OC)c(O)c(OC)c2)cc1C. The van der Waals surface area contributed by atoms with Gasteiger partial charge in [-0.2, -0.15) is 0 Å². The third-order valence-electron chi connectivity index (χ3n) is 3.21. The number of ether oxygens (including phenoxy) is 3. The van der Waals surface area contributed by atoms with E-state index in [0.29, 0.717) is 33.5 Å². The van der Waals surface area contributed by atoms with Gasteiger partial charge in [-0.3, -0.25) is 0 Å². The molecule has 0 aliphatic carbocycles. The van der Waals surface area contributed by atoms with Crippen LogP contribution in [0.2, 0.25) is 0 Å². The predicted molar refractivity (Wildman–Crippen MR) is 93.5 cm³/mol. The number of benzene rings is 1. The Morgan fingerprint density at radius 1 is 1.25 bits per heavy atom. The van der Waals surface area contributed by atoms with Crippen molar-refractivity contribution >= 4 is 28.5 Å². The standard InChI is InChI=1S/C17H19NO5S/c1-5-23-17(20)16-10(2)6-14(24-16)18-9-11-7-12(21-3)15(19)13(8-11)22-4/h6-9,19H,5H2,1-4H3. The normalized spacial score (nSPS) is 10.8. The lowest BCUT2D eigenvalue weighted by Crippen LogP contribution is -2.03. The molecule has 0 spiro atoms. The lowest BCUT2D eigenvalue weighted by Gasteiger charge is -2.09. The summed E-state index contributed by atoms with van der Waals surface area (Å²) in [6.07, 6.45) is 1.62. The molecular weight excluding hydrogens is 330 g/mol. The van der Waals surface area contributed by atoms with Crippen LogP contribution in [0.4, 0.5) is 5.00 Å². The van der Waals surface area contributed by atoms with E-state index in [1.54, 1.807) is 25.3 Å². The van der Waals surface area contributed by atoms with E-state index in [0.717, 1.165) is 5.56 Å². The molecule has 0 atom stereocenters. The smallest absolute Gasteiger partial charge is 0.348 e. The minimum atomic E-state index is -0.338. The van der Waals surface area contributed by atoms with Gasteiger partial charge in [-0.05, 0) is 37.6 Å². The van der Waals surface area contributed by atoms with Gasteiger partial charge >= 0.3 is 5.97 Å². The van der Waals surface area contributed by atoms with E-state index in [1.807, 2.05) is 13.0 Å². The number of phenolic OH excluding ortho intramolecular Hbond substituents is 1. The highest BCUT2D eigenvalue weighted by atomic mass is 32.1. The number of aromatic hydroxyl groups is 1. The van der Waals surface area contributed by atoms with Crippen molar-refractivity contribution in [3.63, 3.8) is 0 Å². The zero-order valence-corrected chi connectivity index (χ0v) is 14.8. The molecular formula is C17H19NO5S. The molecule has 0 fully saturated rings. The van der Waals surface area contributed by atoms with Crippen molar-refractivity contribution in [3.8, 4) is 17.2 Å². The fourth-order valence-electron chi connectivity index (χ4n) is 2.05. The molecule has 2 rings (SSSR count). The van der Waals surface area contributed by atoms with Gasteiger partial charge in [-0.15, -0.1) is 11.3 Å². The van der Waals surface area contributed by atoms with E-state index in [9.17, 15) is 9.90 Å². The van der Waals surface area contributed by atoms with Crippen LogP contribution in [0.5, 0.6) is 17.2 Å². The molecule has 0 unspecified atom stereocenters. The molecule has 24 heavy (non-hydrogen) atoms. The number of carbonyl (C=O) groups is 1. The van der Waals surface area contributed by atoms with Crippen molar-refractivity contribution in [1.29, 1.82) is 0 Å². The quantitative estimate of drug-likeness (QED) is 0.635. The van der Waals surface area contributed by atoms with Crippen molar-refractivity contribution in [1.82, 2.24) is 0 Å². The van der Waals surface area contributed by atoms with Gasteiger partial charge in [-0.25, -0.2) is 9.79 Å². The highest BCUT2D eigenvalue weighted by Gasteiger charge is 2.14. The Morgan fingerprint density at radius 3 is 2.42 bits per heavy atom. The monoisotopic (exact) mass is 349 g/mol. The van der Waals surface area contributed by atoms with Gasteiger partial charge in [0.1, 0.15) is 9.88 Å². The third-order valence-corrected chi connectivity index (χ3v) is 4.33. The van der Waals surface area contributed by atoms with Gasteiger partial charge in [0.2, 0.25) is 5.75 Å². The Bertz CT molecular complexity index is 741. The van der Waals surface area contributed by atoms with Gasteiger partial charge in [0.15, 0.2) is 11.5 Å². The summed E-state index contributed by atoms with van der Waals surface area (Å²) >= 11 is 1.27. The van der Waals surface area contributed by atoms with Crippen LogP contribution in [0.15, 0.2) is 23.2 Å². The molecule has 128 valence electrons. The third kappa shape index (κ3) is 3.86. The molecule has 0 saturated carbocycles. The summed E-state index contributed by atoms with van der Waals surface area (Å²) in [5.41, 5.74) is 1.52. The number of hydrogen-bond donors (Lipinski definition) is 1. The average Bonchev–Trinajstić information content (AvgIpc) is 2.95. The number of thiophene rings is 1. The lowest BCUT2D eigenvalue weighted by molar-refractivity contribution is 0.0531. The summed E-state index contributed by atoms with van der Waals surface area (Å²) in [6, 6.07) is 5.12. The van der Waals surface area contributed by atoms with Gasteiger partial charge in [0.05, 0.1) is 20.8 Å². The molecule has 0 amide bonds. The first kappa shape index (κ1) is 17.8. The first-order valence-electron chi connectivity index (χ1n) is 7.26. The molecule has 0 saturated heterocycles. The van der Waals surface area contributed by atoms with Crippen LogP contribution in [0.3, 0.4) is 0 Å². The fourth-order valence-corrected chi connectivity index (χ4v) is 2.97. The van der Waals surface area contributed by atoms with Gasteiger partial charge in [-0.1, -0.05) is 0 Å². The zero-order valence-electron chi connectivity index (χ0n) is 14.0. The highest BCUT2D eigenvalue weighted by Crippen LogP contribution is 2.37. The topological polar surface area (TPSA) is 77.4 Å². The van der Waals surface area contributed by atoms with Crippen LogP contribution >= 0.6 is 11.3 Å². The second kappa shape index (κ2) is 7.83. The number of carbonyl (C=O) groups excluding carboxylic acids is 1. The van der Waals surface area contributed by atoms with E-state index in [1.165, 1.54) is 25.6 Å². The Labute approximate surface area is 144 Å². The van der Waals surface area contributed by atoms with Crippen LogP contribution in [-0.4, -0.2) is 38.1 Å². The molecule has 1 aromatic carbocycles. The molecule has 0 aliphatic rings. The second-order valence-corrected chi connectivity index (χ2v) is 5.88. The first-order chi connectivity index (χ1) is 11.5. The molecule has 0 radical (unpaired) electrons. The fraction of sp³-hybridized carbons (Fsp3) is 0.294. The summed E-state index contributed by atoms with van der Waals surface area (Å²) in [7, 11) is 2.92. The van der Waals surface area contributed by atoms with E-state index in [2.05, 4.69) is 4.99 Å². The van der Waals surface area contributed by atoms with Crippen molar-refractivity contribution in [2.24, 2.45) is 4.99 Å². The Balaban J connectivity index is 2.28. The second-order valence-electron chi connectivity index (χ2n) is 4.85. The van der Waals surface area contributed by atoms with E-state index in [4.69, 9.17) is 14.2 Å². The molecule has 2 aromatic rings. The summed E-state index contributed by atoms with van der Waals surface area (Å²) in [4.78, 5) is 16.8. The molecule has 1 N–H and O–H groups in total. The van der Waals surface area contributed by atoms with Crippen molar-refractivity contribution in [3.05, 3.63) is 34.2 Å². The number of rotatable bonds is 6. The zero-order chi connectivity index (χ0) is 17.7. The molecule has 6 nitrogen and oxygen atoms in total. The lowest BCUT2D eigenvalue weighted by atomic mass is 10.2. The van der Waals surface area contributed by atoms with Crippen LogP contribution < -0.4 is 9.47 Å². The van der Waals surface area contributed by atoms with Gasteiger partial charge < -0.3 is 19.3 Å². The van der Waals surface area contributed by atoms with Gasteiger partial charge in [0.25, 0.3) is 0 Å². The van der Waals surface area contributed by atoms with Crippen LogP contribution in [0, 0.1) is 6.92 Å². The number of hydrogen-bond acceptors (Lipinski definition) is 7. The van der Waals surface area contributed by atoms with Crippen molar-refractivity contribution in [2.45, 2.75) is 13.8 Å². The van der Waals surface area contributed by atoms with Crippen LogP contribution in [0.1, 0.15) is 27.7 Å². The van der Waals surface area contributed by atoms with E-state index in [-0.39, 0.29) is 11.7 Å². The average molecular weight is 349 g/mol. The molecule has 1 aromatic heterocycles. The molecule has 0 bridgehead atoms. The van der Waals surface area contributed by atoms with Crippen molar-refractivity contribution in [2.75, 3.05) is 20.8 Å². The molecule has 7 heteroatoms. The molecule has 0 aliphatic heterocycles. The van der Waals surface area contributed by atoms with Crippen LogP contribution in [-0.2, 0) is 4.74 Å². The van der Waals surface area contributed by atoms with E-state index >= 15 is 0 Å². The molecule has 1 heterocycles. The minimum Gasteiger partial charge on any atom is -0.502 e. The maximum atomic E-state index is 11.8. The minimum absolute atomic E-state index is 0.0614. The predicted octanol–water partition coefficient (Wildman–Crippen LogP) is 3.71. The van der Waals surface area contributed by atoms with E-state index < -0.39 is 0 Å². The maximum absolute atomic E-state index is 11.8. The maximum Gasteiger partial charge on any atom is 0.348 e. The number of esters is 1. The van der Waals surface area contributed by atoms with Gasteiger partial charge in [0, 0.05) is 11.8 Å². The van der Waals surface area contributed by atoms with Crippen LogP contribution in [0.25, 0.3) is 0 Å². The number of methoxy groups -OCH3 is 2. The summed E-state index contributed by atoms with van der Waals surface area (Å²) in [5.74, 6) is 0.193. The number of nitrogens with zero attached hydrogens (tertiary/aromatic N) is 1. The number of aryl methyl sites for hydroxylation is 1. The Kier molecular flexibility index (Phi) is 5.81.